The molecule has 0 saturated heterocycles. The minimum Gasteiger partial charge on any atom is -0.368 e. The van der Waals surface area contributed by atoms with E-state index in [1.807, 2.05) is 51.2 Å². The Bertz CT molecular complexity index is 1530. The van der Waals surface area contributed by atoms with E-state index in [-0.39, 0.29) is 11.8 Å². The molecule has 206 valence electrons. The Hall–Kier alpha value is -4.56. The maximum Gasteiger partial charge on any atom is 0.253 e. The molecule has 1 fully saturated rings. The summed E-state index contributed by atoms with van der Waals surface area (Å²) in [5, 5.41) is 17.7. The second kappa shape index (κ2) is 11.3. The van der Waals surface area contributed by atoms with Crippen LogP contribution < -0.4 is 10.6 Å². The van der Waals surface area contributed by atoms with Gasteiger partial charge in [0.15, 0.2) is 11.6 Å². The molecule has 11 heteroatoms. The van der Waals surface area contributed by atoms with Gasteiger partial charge in [-0.15, -0.1) is 6.42 Å². The SMILES string of the molecule is C#C[C@H](NC(=O)C1(OC)CCC(c2nc(C)cc(Nc3cc(C)[nH]n3)n2)CC1)c1ccc(-n2cc(C)cn2)nc1. The molecule has 1 saturated carbocycles. The van der Waals surface area contributed by atoms with Gasteiger partial charge in [-0.2, -0.15) is 10.2 Å². The van der Waals surface area contributed by atoms with Crippen molar-refractivity contribution in [3.63, 3.8) is 0 Å². The molecular formula is C29H33N9O2. The maximum absolute atomic E-state index is 13.5. The van der Waals surface area contributed by atoms with Crippen LogP contribution in [0.5, 0.6) is 0 Å². The molecule has 1 atom stereocenters. The van der Waals surface area contributed by atoms with Crippen molar-refractivity contribution in [1.29, 1.82) is 0 Å². The van der Waals surface area contributed by atoms with Gasteiger partial charge in [-0.1, -0.05) is 12.0 Å². The number of carbonyl (C=O) groups excluding carboxylic acids is 1. The largest absolute Gasteiger partial charge is 0.368 e. The number of H-pyrrole nitrogens is 1. The third-order valence-electron chi connectivity index (χ3n) is 7.29. The van der Waals surface area contributed by atoms with Crippen LogP contribution in [0.3, 0.4) is 0 Å². The molecule has 0 aromatic carbocycles. The summed E-state index contributed by atoms with van der Waals surface area (Å²) >= 11 is 0. The number of aromatic nitrogens is 7. The number of carbonyl (C=O) groups is 1. The van der Waals surface area contributed by atoms with Gasteiger partial charge in [-0.05, 0) is 58.1 Å². The first kappa shape index (κ1) is 27.0. The lowest BCUT2D eigenvalue weighted by Gasteiger charge is -2.38. The van der Waals surface area contributed by atoms with Gasteiger partial charge in [0.2, 0.25) is 0 Å². The Labute approximate surface area is 233 Å². The standard InChI is InChI=1S/C29H33N9O2/c1-6-23(22-7-8-26(30-16-22)38-17-18(2)15-31-38)33-28(39)29(40-5)11-9-21(10-12-29)27-32-19(3)13-24(35-27)34-25-14-20(4)36-37-25/h1,7-8,13-17,21,23H,9-12H2,2-5H3,(H,33,39)(H2,32,34,35,36,37)/t21?,23-,29?/m0/s1. The second-order valence-corrected chi connectivity index (χ2v) is 10.3. The van der Waals surface area contributed by atoms with Crippen molar-refractivity contribution < 1.29 is 9.53 Å². The van der Waals surface area contributed by atoms with Gasteiger partial charge in [-0.3, -0.25) is 9.89 Å². The molecule has 0 aliphatic heterocycles. The predicted molar refractivity (Wildman–Crippen MR) is 150 cm³/mol. The molecule has 0 spiro atoms. The summed E-state index contributed by atoms with van der Waals surface area (Å²) in [4.78, 5) is 27.4. The highest BCUT2D eigenvalue weighted by Gasteiger charge is 2.43. The number of anilines is 2. The molecular weight excluding hydrogens is 506 g/mol. The van der Waals surface area contributed by atoms with Crippen LogP contribution in [0, 0.1) is 33.1 Å². The van der Waals surface area contributed by atoms with Crippen molar-refractivity contribution in [2.24, 2.45) is 0 Å². The van der Waals surface area contributed by atoms with Crippen LogP contribution in [-0.2, 0) is 9.53 Å². The number of rotatable bonds is 8. The lowest BCUT2D eigenvalue weighted by molar-refractivity contribution is -0.148. The first-order valence-corrected chi connectivity index (χ1v) is 13.2. The fraction of sp³-hybridized carbons (Fsp3) is 0.379. The summed E-state index contributed by atoms with van der Waals surface area (Å²) in [6.45, 7) is 5.85. The molecule has 0 unspecified atom stereocenters. The van der Waals surface area contributed by atoms with Crippen molar-refractivity contribution in [1.82, 2.24) is 40.2 Å². The highest BCUT2D eigenvalue weighted by atomic mass is 16.5. The number of hydrogen-bond acceptors (Lipinski definition) is 8. The Morgan fingerprint density at radius 1 is 1.18 bits per heavy atom. The molecule has 4 heterocycles. The van der Waals surface area contributed by atoms with Gasteiger partial charge in [-0.25, -0.2) is 19.6 Å². The number of ether oxygens (including phenoxy) is 1. The van der Waals surface area contributed by atoms with Crippen LogP contribution in [-0.4, -0.2) is 53.5 Å². The van der Waals surface area contributed by atoms with Crippen molar-refractivity contribution in [3.05, 3.63) is 71.2 Å². The van der Waals surface area contributed by atoms with E-state index in [9.17, 15) is 4.79 Å². The lowest BCUT2D eigenvalue weighted by atomic mass is 9.77. The van der Waals surface area contributed by atoms with Crippen LogP contribution in [0.15, 0.2) is 42.9 Å². The van der Waals surface area contributed by atoms with Gasteiger partial charge >= 0.3 is 0 Å². The third-order valence-corrected chi connectivity index (χ3v) is 7.29. The van der Waals surface area contributed by atoms with Crippen molar-refractivity contribution in [2.75, 3.05) is 12.4 Å². The third kappa shape index (κ3) is 5.72. The van der Waals surface area contributed by atoms with Gasteiger partial charge in [0.25, 0.3) is 5.91 Å². The van der Waals surface area contributed by atoms with Crippen LogP contribution in [0.1, 0.15) is 66.0 Å². The van der Waals surface area contributed by atoms with E-state index in [0.29, 0.717) is 48.7 Å². The molecule has 0 bridgehead atoms. The molecule has 4 aromatic heterocycles. The van der Waals surface area contributed by atoms with E-state index >= 15 is 0 Å². The summed E-state index contributed by atoms with van der Waals surface area (Å²) in [5.74, 6) is 5.35. The molecule has 1 amide bonds. The van der Waals surface area contributed by atoms with Crippen LogP contribution in [0.25, 0.3) is 5.82 Å². The molecule has 0 radical (unpaired) electrons. The first-order chi connectivity index (χ1) is 19.3. The lowest BCUT2D eigenvalue weighted by Crippen LogP contribution is -2.51. The maximum atomic E-state index is 13.5. The van der Waals surface area contributed by atoms with Gasteiger partial charge in [0.05, 0.1) is 6.20 Å². The van der Waals surface area contributed by atoms with Crippen LogP contribution >= 0.6 is 0 Å². The van der Waals surface area contributed by atoms with Crippen molar-refractivity contribution in [2.45, 2.75) is 64.0 Å². The van der Waals surface area contributed by atoms with Crippen molar-refractivity contribution >= 4 is 17.5 Å². The average molecular weight is 540 g/mol. The van der Waals surface area contributed by atoms with Crippen molar-refractivity contribution in [3.8, 4) is 18.2 Å². The Kier molecular flexibility index (Phi) is 7.62. The molecule has 4 aromatic rings. The number of nitrogens with one attached hydrogen (secondary N) is 3. The topological polar surface area (TPSA) is 136 Å². The van der Waals surface area contributed by atoms with Gasteiger partial charge < -0.3 is 15.4 Å². The highest BCUT2D eigenvalue weighted by Crippen LogP contribution is 2.39. The van der Waals surface area contributed by atoms with Crippen LogP contribution in [0.2, 0.25) is 0 Å². The fourth-order valence-corrected chi connectivity index (χ4v) is 5.04. The van der Waals surface area contributed by atoms with E-state index in [4.69, 9.17) is 21.1 Å². The average Bonchev–Trinajstić information content (AvgIpc) is 3.58. The number of hydrogen-bond donors (Lipinski definition) is 3. The Morgan fingerprint density at radius 2 is 1.98 bits per heavy atom. The summed E-state index contributed by atoms with van der Waals surface area (Å²) in [7, 11) is 1.57. The zero-order valence-electron chi connectivity index (χ0n) is 23.1. The van der Waals surface area contributed by atoms with Gasteiger partial charge in [0, 0.05) is 54.5 Å². The van der Waals surface area contributed by atoms with E-state index in [2.05, 4.69) is 36.8 Å². The smallest absolute Gasteiger partial charge is 0.253 e. The number of aryl methyl sites for hydroxylation is 3. The number of methoxy groups -OCH3 is 1. The molecule has 1 aliphatic rings. The normalized spacial score (nSPS) is 19.5. The number of nitrogens with zero attached hydrogens (tertiary/aromatic N) is 6. The first-order valence-electron chi connectivity index (χ1n) is 13.2. The zero-order valence-corrected chi connectivity index (χ0v) is 23.1. The molecule has 5 rings (SSSR count). The number of amides is 1. The number of terminal acetylenes is 1. The summed E-state index contributed by atoms with van der Waals surface area (Å²) in [6.07, 6.45) is 13.6. The summed E-state index contributed by atoms with van der Waals surface area (Å²) in [6, 6.07) is 6.84. The highest BCUT2D eigenvalue weighted by molar-refractivity contribution is 5.86. The summed E-state index contributed by atoms with van der Waals surface area (Å²) < 4.78 is 7.53. The minimum atomic E-state index is -0.983. The van der Waals surface area contributed by atoms with Crippen LogP contribution in [0.4, 0.5) is 11.6 Å². The number of aromatic amines is 1. The van der Waals surface area contributed by atoms with Gasteiger partial charge in [0.1, 0.15) is 23.3 Å². The second-order valence-electron chi connectivity index (χ2n) is 10.3. The molecule has 11 nitrogen and oxygen atoms in total. The molecule has 1 aliphatic carbocycles. The van der Waals surface area contributed by atoms with E-state index in [1.165, 1.54) is 0 Å². The van der Waals surface area contributed by atoms with E-state index in [1.54, 1.807) is 24.2 Å². The Morgan fingerprint density at radius 3 is 2.58 bits per heavy atom. The Balaban J connectivity index is 1.24. The minimum absolute atomic E-state index is 0.101. The molecule has 40 heavy (non-hydrogen) atoms. The molecule has 3 N–H and O–H groups in total. The fourth-order valence-electron chi connectivity index (χ4n) is 5.04. The predicted octanol–water partition coefficient (Wildman–Crippen LogP) is 3.98. The van der Waals surface area contributed by atoms with E-state index in [0.717, 1.165) is 22.8 Å². The quantitative estimate of drug-likeness (QED) is 0.286. The zero-order chi connectivity index (χ0) is 28.3. The number of pyridine rings is 1. The van der Waals surface area contributed by atoms with E-state index < -0.39 is 11.6 Å². The monoisotopic (exact) mass is 539 g/mol. The summed E-state index contributed by atoms with van der Waals surface area (Å²) in [5.41, 5.74) is 2.58.